The molecule has 0 heterocycles. The van der Waals surface area contributed by atoms with Crippen LogP contribution < -0.4 is 9.46 Å². The summed E-state index contributed by atoms with van der Waals surface area (Å²) < 4.78 is 33.9. The van der Waals surface area contributed by atoms with Gasteiger partial charge in [0.15, 0.2) is 0 Å². The Hall–Kier alpha value is -1.07. The fraction of sp³-hybridized carbons (Fsp3) is 0.667. The van der Waals surface area contributed by atoms with Gasteiger partial charge in [-0.25, -0.2) is 13.1 Å². The summed E-state index contributed by atoms with van der Waals surface area (Å²) in [5.74, 6) is 0.761. The van der Waals surface area contributed by atoms with Crippen LogP contribution >= 0.6 is 0 Å². The second-order valence-corrected chi connectivity index (χ2v) is 9.01. The first-order chi connectivity index (χ1) is 10.7. The predicted octanol–water partition coefficient (Wildman–Crippen LogP) is 3.99. The van der Waals surface area contributed by atoms with Crippen LogP contribution in [-0.4, -0.2) is 21.1 Å². The predicted molar refractivity (Wildman–Crippen MR) is 93.5 cm³/mol. The Balaban J connectivity index is 2.30. The van der Waals surface area contributed by atoms with Gasteiger partial charge in [0.2, 0.25) is 10.0 Å². The average Bonchev–Trinajstić information content (AvgIpc) is 2.47. The van der Waals surface area contributed by atoms with Crippen LogP contribution in [0.1, 0.15) is 65.4 Å². The monoisotopic (exact) mass is 339 g/mol. The summed E-state index contributed by atoms with van der Waals surface area (Å²) >= 11 is 0. The molecule has 0 bridgehead atoms. The normalized spacial score (nSPS) is 17.2. The van der Waals surface area contributed by atoms with Crippen molar-refractivity contribution in [1.29, 1.82) is 0 Å². The average molecular weight is 340 g/mol. The van der Waals surface area contributed by atoms with Gasteiger partial charge in [-0.15, -0.1) is 0 Å². The second kappa shape index (κ2) is 7.22. The van der Waals surface area contributed by atoms with Gasteiger partial charge < -0.3 is 4.74 Å². The van der Waals surface area contributed by atoms with E-state index in [1.807, 2.05) is 6.92 Å². The van der Waals surface area contributed by atoms with Gasteiger partial charge in [-0.3, -0.25) is 0 Å². The van der Waals surface area contributed by atoms with Crippen molar-refractivity contribution in [3.63, 3.8) is 0 Å². The van der Waals surface area contributed by atoms with Crippen LogP contribution in [0.2, 0.25) is 0 Å². The second-order valence-electron chi connectivity index (χ2n) is 7.30. The minimum Gasteiger partial charge on any atom is -0.494 e. The summed E-state index contributed by atoms with van der Waals surface area (Å²) in [7, 11) is -3.48. The summed E-state index contributed by atoms with van der Waals surface area (Å²) in [6.07, 6.45) is 5.27. The van der Waals surface area contributed by atoms with E-state index in [9.17, 15) is 8.42 Å². The Bertz CT molecular complexity index is 626. The zero-order chi connectivity index (χ0) is 17.1. The molecule has 0 radical (unpaired) electrons. The molecule has 0 aliphatic heterocycles. The Morgan fingerprint density at radius 3 is 2.39 bits per heavy atom. The highest BCUT2D eigenvalue weighted by atomic mass is 32.2. The smallest absolute Gasteiger partial charge is 0.240 e. The van der Waals surface area contributed by atoms with Crippen LogP contribution in [0.3, 0.4) is 0 Å². The summed E-state index contributed by atoms with van der Waals surface area (Å²) in [4.78, 5) is 0.330. The number of rotatable bonds is 5. The highest BCUT2D eigenvalue weighted by Gasteiger charge is 2.25. The molecule has 1 aliphatic rings. The maximum atomic E-state index is 12.7. The minimum absolute atomic E-state index is 0.0680. The first-order valence-electron chi connectivity index (χ1n) is 8.53. The standard InChI is InChI=1S/C18H29NO3S/c1-5-22-17-12-11-15(13-16(17)18(2,3)4)23(20,21)19-14-9-7-6-8-10-14/h11-14,19H,5-10H2,1-4H3. The molecule has 1 aromatic carbocycles. The van der Waals surface area contributed by atoms with Crippen molar-refractivity contribution in [2.24, 2.45) is 0 Å². The van der Waals surface area contributed by atoms with Crippen molar-refractivity contribution in [3.8, 4) is 5.75 Å². The third kappa shape index (κ3) is 4.70. The lowest BCUT2D eigenvalue weighted by Gasteiger charge is -2.25. The number of ether oxygens (including phenoxy) is 1. The number of sulfonamides is 1. The number of nitrogens with one attached hydrogen (secondary N) is 1. The van der Waals surface area contributed by atoms with Crippen molar-refractivity contribution in [3.05, 3.63) is 23.8 Å². The van der Waals surface area contributed by atoms with Gasteiger partial charge in [-0.2, -0.15) is 0 Å². The van der Waals surface area contributed by atoms with Crippen LogP contribution in [0.25, 0.3) is 0 Å². The molecule has 23 heavy (non-hydrogen) atoms. The molecule has 1 aliphatic carbocycles. The quantitative estimate of drug-likeness (QED) is 0.882. The number of benzene rings is 1. The summed E-state index contributed by atoms with van der Waals surface area (Å²) in [6.45, 7) is 8.69. The van der Waals surface area contributed by atoms with E-state index in [0.29, 0.717) is 11.5 Å². The lowest BCUT2D eigenvalue weighted by molar-refractivity contribution is 0.329. The van der Waals surface area contributed by atoms with Crippen LogP contribution in [0, 0.1) is 0 Å². The minimum atomic E-state index is -3.48. The lowest BCUT2D eigenvalue weighted by Crippen LogP contribution is -2.36. The largest absolute Gasteiger partial charge is 0.494 e. The number of hydrogen-bond donors (Lipinski definition) is 1. The molecule has 0 atom stereocenters. The van der Waals surface area contributed by atoms with E-state index in [2.05, 4.69) is 25.5 Å². The summed E-state index contributed by atoms with van der Waals surface area (Å²) in [5, 5.41) is 0. The van der Waals surface area contributed by atoms with Gasteiger partial charge >= 0.3 is 0 Å². The number of hydrogen-bond acceptors (Lipinski definition) is 3. The third-order valence-corrected chi connectivity index (χ3v) is 5.81. The van der Waals surface area contributed by atoms with Crippen molar-refractivity contribution >= 4 is 10.0 Å². The zero-order valence-electron chi connectivity index (χ0n) is 14.7. The van der Waals surface area contributed by atoms with Crippen LogP contribution in [0.5, 0.6) is 5.75 Å². The molecular formula is C18H29NO3S. The van der Waals surface area contributed by atoms with Gasteiger partial charge in [0.25, 0.3) is 0 Å². The Morgan fingerprint density at radius 2 is 1.83 bits per heavy atom. The molecule has 4 nitrogen and oxygen atoms in total. The van der Waals surface area contributed by atoms with E-state index in [4.69, 9.17) is 4.74 Å². The zero-order valence-corrected chi connectivity index (χ0v) is 15.5. The molecular weight excluding hydrogens is 310 g/mol. The topological polar surface area (TPSA) is 55.4 Å². The third-order valence-electron chi connectivity index (χ3n) is 4.30. The molecule has 1 aromatic rings. The van der Waals surface area contributed by atoms with Gasteiger partial charge in [0, 0.05) is 11.6 Å². The van der Waals surface area contributed by atoms with Gasteiger partial charge in [-0.1, -0.05) is 40.0 Å². The molecule has 130 valence electrons. The first kappa shape index (κ1) is 18.3. The molecule has 0 saturated heterocycles. The fourth-order valence-electron chi connectivity index (χ4n) is 3.05. The molecule has 1 saturated carbocycles. The van der Waals surface area contributed by atoms with E-state index < -0.39 is 10.0 Å². The molecule has 1 fully saturated rings. The van der Waals surface area contributed by atoms with E-state index in [0.717, 1.165) is 37.0 Å². The van der Waals surface area contributed by atoms with Gasteiger partial charge in [0.1, 0.15) is 5.75 Å². The van der Waals surface area contributed by atoms with Crippen molar-refractivity contribution in [1.82, 2.24) is 4.72 Å². The first-order valence-corrected chi connectivity index (χ1v) is 10.0. The SMILES string of the molecule is CCOc1ccc(S(=O)(=O)NC2CCCCC2)cc1C(C)(C)C. The van der Waals surface area contributed by atoms with Gasteiger partial charge in [0.05, 0.1) is 11.5 Å². The lowest BCUT2D eigenvalue weighted by atomic mass is 9.86. The molecule has 0 amide bonds. The van der Waals surface area contributed by atoms with E-state index >= 15 is 0 Å². The maximum absolute atomic E-state index is 12.7. The maximum Gasteiger partial charge on any atom is 0.240 e. The molecule has 0 unspecified atom stereocenters. The fourth-order valence-corrected chi connectivity index (χ4v) is 4.38. The molecule has 2 rings (SSSR count). The van der Waals surface area contributed by atoms with Crippen LogP contribution in [0.4, 0.5) is 0 Å². The molecule has 5 heteroatoms. The molecule has 0 aromatic heterocycles. The summed E-state index contributed by atoms with van der Waals surface area (Å²) in [6, 6.07) is 5.25. The van der Waals surface area contributed by atoms with Crippen molar-refractivity contribution in [2.45, 2.75) is 76.2 Å². The highest BCUT2D eigenvalue weighted by Crippen LogP contribution is 2.33. The summed E-state index contributed by atoms with van der Waals surface area (Å²) in [5.41, 5.74) is 0.742. The van der Waals surface area contributed by atoms with Crippen LogP contribution in [-0.2, 0) is 15.4 Å². The Kier molecular flexibility index (Phi) is 5.74. The van der Waals surface area contributed by atoms with Gasteiger partial charge in [-0.05, 0) is 43.4 Å². The Labute approximate surface area is 140 Å². The highest BCUT2D eigenvalue weighted by molar-refractivity contribution is 7.89. The van der Waals surface area contributed by atoms with Crippen molar-refractivity contribution in [2.75, 3.05) is 6.61 Å². The molecule has 0 spiro atoms. The van der Waals surface area contributed by atoms with E-state index in [1.54, 1.807) is 18.2 Å². The van der Waals surface area contributed by atoms with E-state index in [1.165, 1.54) is 6.42 Å². The van der Waals surface area contributed by atoms with Crippen molar-refractivity contribution < 1.29 is 13.2 Å². The van der Waals surface area contributed by atoms with E-state index in [-0.39, 0.29) is 11.5 Å². The molecule has 1 N–H and O–H groups in total. The van der Waals surface area contributed by atoms with Crippen LogP contribution in [0.15, 0.2) is 23.1 Å². The Morgan fingerprint density at radius 1 is 1.17 bits per heavy atom.